The van der Waals surface area contributed by atoms with Crippen LogP contribution in [-0.4, -0.2) is 25.4 Å². The van der Waals surface area contributed by atoms with Gasteiger partial charge in [-0.2, -0.15) is 0 Å². The molecule has 1 aromatic rings. The quantitative estimate of drug-likeness (QED) is 0.757. The summed E-state index contributed by atoms with van der Waals surface area (Å²) in [5, 5.41) is 0. The summed E-state index contributed by atoms with van der Waals surface area (Å²) in [6.07, 6.45) is -2.23. The molecule has 16 heavy (non-hydrogen) atoms. The van der Waals surface area contributed by atoms with Gasteiger partial charge in [0.2, 0.25) is 0 Å². The van der Waals surface area contributed by atoms with Crippen LogP contribution in [0.3, 0.4) is 0 Å². The van der Waals surface area contributed by atoms with Crippen LogP contribution in [0.25, 0.3) is 0 Å². The average molecular weight is 229 g/mol. The number of carbonyl (C=O) groups excluding carboxylic acids is 1. The van der Waals surface area contributed by atoms with E-state index >= 15 is 0 Å². The van der Waals surface area contributed by atoms with Crippen molar-refractivity contribution in [3.63, 3.8) is 0 Å². The Morgan fingerprint density at radius 2 is 1.94 bits per heavy atom. The van der Waals surface area contributed by atoms with E-state index in [-0.39, 0.29) is 12.2 Å². The molecule has 5 heteroatoms. The van der Waals surface area contributed by atoms with Crippen molar-refractivity contribution in [3.8, 4) is 5.75 Å². The van der Waals surface area contributed by atoms with E-state index in [9.17, 15) is 13.6 Å². The lowest BCUT2D eigenvalue weighted by Crippen LogP contribution is -2.09. The largest absolute Gasteiger partial charge is 0.488 e. The summed E-state index contributed by atoms with van der Waals surface area (Å²) in [6.45, 7) is -0.349. The summed E-state index contributed by atoms with van der Waals surface area (Å²) in [7, 11) is 0. The first-order chi connectivity index (χ1) is 7.63. The van der Waals surface area contributed by atoms with Crippen molar-refractivity contribution in [1.29, 1.82) is 0 Å². The molecule has 0 aromatic heterocycles. The highest BCUT2D eigenvalue weighted by Gasteiger charge is 2.06. The first-order valence-corrected chi connectivity index (χ1v) is 4.87. The standard InChI is InChI=1S/C11H13F2NO2/c12-11(13)7-16-9-3-1-8(2-4-9)10(15)5-6-14/h1-4,11H,5-7,14H2. The lowest BCUT2D eigenvalue weighted by molar-refractivity contribution is 0.0818. The summed E-state index contributed by atoms with van der Waals surface area (Å²) < 4.78 is 28.4. The molecular formula is C11H13F2NO2. The van der Waals surface area contributed by atoms with Gasteiger partial charge in [0.15, 0.2) is 5.78 Å². The zero-order valence-electron chi connectivity index (χ0n) is 8.66. The molecule has 88 valence electrons. The second-order valence-electron chi connectivity index (χ2n) is 3.19. The van der Waals surface area contributed by atoms with Crippen molar-refractivity contribution >= 4 is 5.78 Å². The highest BCUT2D eigenvalue weighted by molar-refractivity contribution is 5.96. The Labute approximate surface area is 92.2 Å². The van der Waals surface area contributed by atoms with Crippen LogP contribution in [0.5, 0.6) is 5.75 Å². The second kappa shape index (κ2) is 6.17. The fourth-order valence-electron chi connectivity index (χ4n) is 1.17. The lowest BCUT2D eigenvalue weighted by Gasteiger charge is -2.05. The molecule has 1 aromatic carbocycles. The maximum Gasteiger partial charge on any atom is 0.272 e. The predicted octanol–water partition coefficient (Wildman–Crippen LogP) is 1.86. The Balaban J connectivity index is 2.57. The van der Waals surface area contributed by atoms with E-state index in [1.807, 2.05) is 0 Å². The van der Waals surface area contributed by atoms with E-state index in [0.29, 0.717) is 17.9 Å². The van der Waals surface area contributed by atoms with Crippen LogP contribution in [0.1, 0.15) is 16.8 Å². The van der Waals surface area contributed by atoms with Crippen LogP contribution in [-0.2, 0) is 0 Å². The molecule has 0 heterocycles. The van der Waals surface area contributed by atoms with Gasteiger partial charge in [0, 0.05) is 12.0 Å². The fraction of sp³-hybridized carbons (Fsp3) is 0.364. The smallest absolute Gasteiger partial charge is 0.272 e. The lowest BCUT2D eigenvalue weighted by atomic mass is 10.1. The Kier molecular flexibility index (Phi) is 4.85. The number of ketones is 1. The van der Waals surface area contributed by atoms with Gasteiger partial charge in [0.25, 0.3) is 6.43 Å². The minimum atomic E-state index is -2.50. The molecule has 0 aliphatic heterocycles. The van der Waals surface area contributed by atoms with E-state index in [1.54, 1.807) is 12.1 Å². The molecule has 1 rings (SSSR count). The Hall–Kier alpha value is -1.49. The zero-order valence-corrected chi connectivity index (χ0v) is 8.66. The SMILES string of the molecule is NCCC(=O)c1ccc(OCC(F)F)cc1. The third kappa shape index (κ3) is 3.94. The predicted molar refractivity (Wildman–Crippen MR) is 55.9 cm³/mol. The summed E-state index contributed by atoms with van der Waals surface area (Å²) in [4.78, 5) is 11.4. The van der Waals surface area contributed by atoms with Crippen LogP contribution in [0.2, 0.25) is 0 Å². The van der Waals surface area contributed by atoms with Gasteiger partial charge in [-0.25, -0.2) is 8.78 Å². The van der Waals surface area contributed by atoms with Gasteiger partial charge < -0.3 is 10.5 Å². The number of hydrogen-bond acceptors (Lipinski definition) is 3. The van der Waals surface area contributed by atoms with Crippen LogP contribution in [0, 0.1) is 0 Å². The van der Waals surface area contributed by atoms with Crippen molar-refractivity contribution in [3.05, 3.63) is 29.8 Å². The molecule has 0 saturated carbocycles. The van der Waals surface area contributed by atoms with Gasteiger partial charge in [-0.05, 0) is 30.8 Å². The molecule has 2 N–H and O–H groups in total. The highest BCUT2D eigenvalue weighted by Crippen LogP contribution is 2.14. The summed E-state index contributed by atoms with van der Waals surface area (Å²) in [5.41, 5.74) is 5.76. The number of Topliss-reactive ketones (excluding diaryl/α,β-unsaturated/α-hetero) is 1. The number of rotatable bonds is 6. The Morgan fingerprint density at radius 3 is 2.44 bits per heavy atom. The van der Waals surface area contributed by atoms with Gasteiger partial charge in [0.1, 0.15) is 12.4 Å². The van der Waals surface area contributed by atoms with Crippen LogP contribution >= 0.6 is 0 Å². The molecular weight excluding hydrogens is 216 g/mol. The molecule has 0 bridgehead atoms. The third-order valence-corrected chi connectivity index (χ3v) is 1.92. The molecule has 0 spiro atoms. The van der Waals surface area contributed by atoms with E-state index in [0.717, 1.165) is 0 Å². The minimum Gasteiger partial charge on any atom is -0.488 e. The summed E-state index contributed by atoms with van der Waals surface area (Å²) in [6, 6.07) is 6.07. The number of carbonyl (C=O) groups is 1. The van der Waals surface area contributed by atoms with Gasteiger partial charge in [-0.1, -0.05) is 0 Å². The Morgan fingerprint density at radius 1 is 1.31 bits per heavy atom. The molecule has 0 saturated heterocycles. The number of ether oxygens (including phenoxy) is 1. The number of hydrogen-bond donors (Lipinski definition) is 1. The van der Waals surface area contributed by atoms with Crippen LogP contribution in [0.4, 0.5) is 8.78 Å². The summed E-state index contributed by atoms with van der Waals surface area (Å²) in [5.74, 6) is 0.257. The van der Waals surface area contributed by atoms with Gasteiger partial charge in [0.05, 0.1) is 0 Å². The monoisotopic (exact) mass is 229 g/mol. The van der Waals surface area contributed by atoms with Gasteiger partial charge in [-0.15, -0.1) is 0 Å². The molecule has 0 amide bonds. The maximum atomic E-state index is 11.8. The third-order valence-electron chi connectivity index (χ3n) is 1.92. The maximum absolute atomic E-state index is 11.8. The molecule has 0 aliphatic carbocycles. The highest BCUT2D eigenvalue weighted by atomic mass is 19.3. The van der Waals surface area contributed by atoms with E-state index in [2.05, 4.69) is 0 Å². The first-order valence-electron chi connectivity index (χ1n) is 4.87. The molecule has 3 nitrogen and oxygen atoms in total. The van der Waals surface area contributed by atoms with E-state index < -0.39 is 13.0 Å². The van der Waals surface area contributed by atoms with Crippen LogP contribution in [0.15, 0.2) is 24.3 Å². The van der Waals surface area contributed by atoms with Gasteiger partial charge in [-0.3, -0.25) is 4.79 Å². The average Bonchev–Trinajstić information content (AvgIpc) is 2.27. The number of halogens is 2. The molecule has 0 fully saturated rings. The fourth-order valence-corrected chi connectivity index (χ4v) is 1.17. The molecule has 0 radical (unpaired) electrons. The van der Waals surface area contributed by atoms with Gasteiger partial charge >= 0.3 is 0 Å². The van der Waals surface area contributed by atoms with Crippen molar-refractivity contribution < 1.29 is 18.3 Å². The topological polar surface area (TPSA) is 52.3 Å². The molecule has 0 atom stereocenters. The van der Waals surface area contributed by atoms with Crippen molar-refractivity contribution in [2.45, 2.75) is 12.8 Å². The van der Waals surface area contributed by atoms with Crippen LogP contribution < -0.4 is 10.5 Å². The molecule has 0 unspecified atom stereocenters. The van der Waals surface area contributed by atoms with Crippen molar-refractivity contribution in [2.75, 3.05) is 13.2 Å². The first kappa shape index (κ1) is 12.6. The van der Waals surface area contributed by atoms with Crippen molar-refractivity contribution in [1.82, 2.24) is 0 Å². The normalized spacial score (nSPS) is 10.5. The molecule has 0 aliphatic rings. The van der Waals surface area contributed by atoms with E-state index in [4.69, 9.17) is 10.5 Å². The van der Waals surface area contributed by atoms with E-state index in [1.165, 1.54) is 12.1 Å². The minimum absolute atomic E-state index is 0.0668. The number of nitrogens with two attached hydrogens (primary N) is 1. The second-order valence-corrected chi connectivity index (χ2v) is 3.19. The Bertz CT molecular complexity index is 338. The van der Waals surface area contributed by atoms with Crippen molar-refractivity contribution in [2.24, 2.45) is 5.73 Å². The number of alkyl halides is 2. The zero-order chi connectivity index (χ0) is 12.0. The summed E-state index contributed by atoms with van der Waals surface area (Å²) >= 11 is 0. The number of benzene rings is 1.